The quantitative estimate of drug-likeness (QED) is 0.792. The first kappa shape index (κ1) is 16.5. The van der Waals surface area contributed by atoms with Crippen molar-refractivity contribution in [1.82, 2.24) is 15.3 Å². The van der Waals surface area contributed by atoms with Crippen molar-refractivity contribution < 1.29 is 18.0 Å². The molecule has 2 rings (SSSR count). The molecule has 8 heteroatoms. The fourth-order valence-corrected chi connectivity index (χ4v) is 2.53. The second-order valence-electron chi connectivity index (χ2n) is 5.39. The van der Waals surface area contributed by atoms with E-state index < -0.39 is 11.9 Å². The maximum atomic E-state index is 12.5. The monoisotopic (exact) mass is 316 g/mol. The van der Waals surface area contributed by atoms with E-state index in [1.54, 1.807) is 0 Å². The Labute approximate surface area is 126 Å². The van der Waals surface area contributed by atoms with Gasteiger partial charge in [0.25, 0.3) is 0 Å². The standard InChI is InChI=1S/C14H19F3N4O/c15-14(16,17)11-5-6-19-13(21-11)20-8-7-18-12(22)9-10-3-1-2-4-10/h5-6,10H,1-4,7-9H2,(H,18,22)(H,19,20,21). The number of nitrogens with zero attached hydrogens (tertiary/aromatic N) is 2. The van der Waals surface area contributed by atoms with Crippen LogP contribution in [0.15, 0.2) is 12.3 Å². The Balaban J connectivity index is 1.69. The van der Waals surface area contributed by atoms with Crippen LogP contribution in [-0.4, -0.2) is 29.0 Å². The van der Waals surface area contributed by atoms with E-state index in [2.05, 4.69) is 20.6 Å². The minimum atomic E-state index is -4.49. The highest BCUT2D eigenvalue weighted by Crippen LogP contribution is 2.28. The molecule has 1 aromatic rings. The van der Waals surface area contributed by atoms with Crippen LogP contribution in [0, 0.1) is 5.92 Å². The summed E-state index contributed by atoms with van der Waals surface area (Å²) in [5.74, 6) is 0.360. The number of alkyl halides is 3. The van der Waals surface area contributed by atoms with E-state index in [-0.39, 0.29) is 18.4 Å². The van der Waals surface area contributed by atoms with Crippen LogP contribution in [0.3, 0.4) is 0 Å². The topological polar surface area (TPSA) is 66.9 Å². The Bertz CT molecular complexity index is 501. The average Bonchev–Trinajstić information content (AvgIpc) is 2.96. The van der Waals surface area contributed by atoms with Gasteiger partial charge in [0.1, 0.15) is 5.69 Å². The predicted molar refractivity (Wildman–Crippen MR) is 75.1 cm³/mol. The zero-order valence-electron chi connectivity index (χ0n) is 12.1. The van der Waals surface area contributed by atoms with E-state index in [1.165, 1.54) is 12.8 Å². The molecule has 0 aromatic carbocycles. The number of carbonyl (C=O) groups is 1. The van der Waals surface area contributed by atoms with Gasteiger partial charge in [0.15, 0.2) is 0 Å². The van der Waals surface area contributed by atoms with Crippen molar-refractivity contribution in [3.63, 3.8) is 0 Å². The Morgan fingerprint density at radius 1 is 1.27 bits per heavy atom. The summed E-state index contributed by atoms with van der Waals surface area (Å²) in [6, 6.07) is 0.814. The van der Waals surface area contributed by atoms with Crippen molar-refractivity contribution in [2.45, 2.75) is 38.3 Å². The Morgan fingerprint density at radius 3 is 2.68 bits per heavy atom. The Morgan fingerprint density at radius 2 is 2.00 bits per heavy atom. The van der Waals surface area contributed by atoms with Crippen LogP contribution in [0.5, 0.6) is 0 Å². The van der Waals surface area contributed by atoms with E-state index in [1.807, 2.05) is 0 Å². The molecule has 1 saturated carbocycles. The van der Waals surface area contributed by atoms with Gasteiger partial charge in [-0.25, -0.2) is 9.97 Å². The van der Waals surface area contributed by atoms with Gasteiger partial charge in [0.2, 0.25) is 11.9 Å². The summed E-state index contributed by atoms with van der Waals surface area (Å²) >= 11 is 0. The summed E-state index contributed by atoms with van der Waals surface area (Å²) in [6.07, 6.45) is 1.66. The summed E-state index contributed by atoms with van der Waals surface area (Å²) in [5.41, 5.74) is -0.990. The van der Waals surface area contributed by atoms with E-state index in [0.717, 1.165) is 25.1 Å². The van der Waals surface area contributed by atoms with Gasteiger partial charge in [0, 0.05) is 25.7 Å². The fourth-order valence-electron chi connectivity index (χ4n) is 2.53. The molecule has 22 heavy (non-hydrogen) atoms. The number of anilines is 1. The van der Waals surface area contributed by atoms with Gasteiger partial charge in [-0.15, -0.1) is 0 Å². The van der Waals surface area contributed by atoms with Gasteiger partial charge < -0.3 is 10.6 Å². The smallest absolute Gasteiger partial charge is 0.354 e. The highest BCUT2D eigenvalue weighted by Gasteiger charge is 2.32. The van der Waals surface area contributed by atoms with Crippen molar-refractivity contribution in [3.8, 4) is 0 Å². The number of nitrogens with one attached hydrogen (secondary N) is 2. The molecule has 1 aromatic heterocycles. The first-order chi connectivity index (χ1) is 10.4. The number of aromatic nitrogens is 2. The largest absolute Gasteiger partial charge is 0.433 e. The summed E-state index contributed by atoms with van der Waals surface area (Å²) in [6.45, 7) is 0.600. The zero-order chi connectivity index (χ0) is 16.0. The van der Waals surface area contributed by atoms with Crippen molar-refractivity contribution in [1.29, 1.82) is 0 Å². The molecule has 1 fully saturated rings. The fraction of sp³-hybridized carbons (Fsp3) is 0.643. The zero-order valence-corrected chi connectivity index (χ0v) is 12.1. The lowest BCUT2D eigenvalue weighted by atomic mass is 10.0. The molecule has 0 bridgehead atoms. The van der Waals surface area contributed by atoms with E-state index in [9.17, 15) is 18.0 Å². The van der Waals surface area contributed by atoms with E-state index in [4.69, 9.17) is 0 Å². The third-order valence-electron chi connectivity index (χ3n) is 3.63. The average molecular weight is 316 g/mol. The second-order valence-corrected chi connectivity index (χ2v) is 5.39. The lowest BCUT2D eigenvalue weighted by Crippen LogP contribution is -2.30. The van der Waals surface area contributed by atoms with E-state index in [0.29, 0.717) is 18.9 Å². The minimum Gasteiger partial charge on any atom is -0.354 e. The van der Waals surface area contributed by atoms with Gasteiger partial charge in [-0.1, -0.05) is 12.8 Å². The van der Waals surface area contributed by atoms with Crippen molar-refractivity contribution >= 4 is 11.9 Å². The van der Waals surface area contributed by atoms with Crippen LogP contribution in [0.2, 0.25) is 0 Å². The summed E-state index contributed by atoms with van der Waals surface area (Å²) in [5, 5.41) is 5.41. The molecule has 0 atom stereocenters. The molecule has 1 amide bonds. The Hall–Kier alpha value is -1.86. The summed E-state index contributed by atoms with van der Waals surface area (Å²) in [4.78, 5) is 18.8. The third-order valence-corrected chi connectivity index (χ3v) is 3.63. The number of hydrogen-bond donors (Lipinski definition) is 2. The SMILES string of the molecule is O=C(CC1CCCC1)NCCNc1nccc(C(F)(F)F)n1. The Kier molecular flexibility index (Phi) is 5.57. The van der Waals surface area contributed by atoms with E-state index >= 15 is 0 Å². The minimum absolute atomic E-state index is 0.0151. The van der Waals surface area contributed by atoms with Gasteiger partial charge in [-0.05, 0) is 24.8 Å². The molecule has 0 unspecified atom stereocenters. The van der Waals surface area contributed by atoms with Crippen molar-refractivity contribution in [2.75, 3.05) is 18.4 Å². The lowest BCUT2D eigenvalue weighted by Gasteiger charge is -2.11. The van der Waals surface area contributed by atoms with Crippen LogP contribution < -0.4 is 10.6 Å². The van der Waals surface area contributed by atoms with Gasteiger partial charge in [0.05, 0.1) is 0 Å². The first-order valence-corrected chi connectivity index (χ1v) is 7.36. The lowest BCUT2D eigenvalue weighted by molar-refractivity contribution is -0.141. The molecular formula is C14H19F3N4O. The van der Waals surface area contributed by atoms with Gasteiger partial charge >= 0.3 is 6.18 Å². The van der Waals surface area contributed by atoms with Gasteiger partial charge in [-0.3, -0.25) is 4.79 Å². The predicted octanol–water partition coefficient (Wildman–Crippen LogP) is 2.60. The number of halogens is 3. The van der Waals surface area contributed by atoms with Crippen LogP contribution >= 0.6 is 0 Å². The van der Waals surface area contributed by atoms with Crippen LogP contribution in [0.25, 0.3) is 0 Å². The molecule has 0 spiro atoms. The van der Waals surface area contributed by atoms with Crippen LogP contribution in [-0.2, 0) is 11.0 Å². The number of rotatable bonds is 6. The molecule has 0 aliphatic heterocycles. The van der Waals surface area contributed by atoms with Crippen molar-refractivity contribution in [3.05, 3.63) is 18.0 Å². The molecule has 1 aliphatic carbocycles. The molecule has 2 N–H and O–H groups in total. The van der Waals surface area contributed by atoms with Crippen molar-refractivity contribution in [2.24, 2.45) is 5.92 Å². The maximum Gasteiger partial charge on any atom is 0.433 e. The first-order valence-electron chi connectivity index (χ1n) is 7.36. The molecular weight excluding hydrogens is 297 g/mol. The number of hydrogen-bond acceptors (Lipinski definition) is 4. The maximum absolute atomic E-state index is 12.5. The highest BCUT2D eigenvalue weighted by atomic mass is 19.4. The number of carbonyl (C=O) groups excluding carboxylic acids is 1. The highest BCUT2D eigenvalue weighted by molar-refractivity contribution is 5.76. The summed E-state index contributed by atoms with van der Waals surface area (Å²) < 4.78 is 37.4. The molecule has 1 heterocycles. The second kappa shape index (κ2) is 7.42. The molecule has 0 saturated heterocycles. The normalized spacial score (nSPS) is 15.8. The molecule has 1 aliphatic rings. The number of amides is 1. The molecule has 5 nitrogen and oxygen atoms in total. The molecule has 0 radical (unpaired) electrons. The summed E-state index contributed by atoms with van der Waals surface area (Å²) in [7, 11) is 0. The van der Waals surface area contributed by atoms with Gasteiger partial charge in [-0.2, -0.15) is 13.2 Å². The molecule has 122 valence electrons. The third kappa shape index (κ3) is 5.16. The van der Waals surface area contributed by atoms with Crippen LogP contribution in [0.4, 0.5) is 19.1 Å². The van der Waals surface area contributed by atoms with Crippen LogP contribution in [0.1, 0.15) is 37.8 Å².